The molecular weight excluding hydrogens is 340 g/mol. The third kappa shape index (κ3) is 3.35. The quantitative estimate of drug-likeness (QED) is 0.639. The molecule has 1 heterocycles. The van der Waals surface area contributed by atoms with Crippen LogP contribution in [0, 0.1) is 11.6 Å². The number of methoxy groups -OCH3 is 1. The van der Waals surface area contributed by atoms with E-state index >= 15 is 0 Å². The summed E-state index contributed by atoms with van der Waals surface area (Å²) in [7, 11) is 1.46. The molecular formula is C20H17F2NO3. The molecule has 0 saturated heterocycles. The van der Waals surface area contributed by atoms with Crippen molar-refractivity contribution in [3.63, 3.8) is 0 Å². The summed E-state index contributed by atoms with van der Waals surface area (Å²) in [5, 5.41) is 0.589. The highest BCUT2D eigenvalue weighted by atomic mass is 19.1. The molecule has 0 unspecified atom stereocenters. The lowest BCUT2D eigenvalue weighted by Crippen LogP contribution is -2.07. The summed E-state index contributed by atoms with van der Waals surface area (Å²) in [6.07, 6.45) is 2.90. The molecule has 0 aliphatic heterocycles. The normalized spacial score (nSPS) is 10.8. The molecule has 0 fully saturated rings. The Morgan fingerprint density at radius 1 is 1.12 bits per heavy atom. The van der Waals surface area contributed by atoms with Crippen molar-refractivity contribution >= 4 is 16.7 Å². The predicted molar refractivity (Wildman–Crippen MR) is 94.0 cm³/mol. The molecule has 0 N–H and O–H groups in total. The number of ether oxygens (including phenoxy) is 2. The van der Waals surface area contributed by atoms with Gasteiger partial charge in [-0.1, -0.05) is 6.07 Å². The van der Waals surface area contributed by atoms with Crippen LogP contribution in [0.15, 0.2) is 42.7 Å². The van der Waals surface area contributed by atoms with Crippen molar-refractivity contribution in [3.8, 4) is 16.9 Å². The Bertz CT molecular complexity index is 973. The molecule has 0 saturated carbocycles. The molecule has 1 aromatic heterocycles. The molecule has 4 nitrogen and oxygen atoms in total. The van der Waals surface area contributed by atoms with E-state index in [2.05, 4.69) is 4.98 Å². The largest absolute Gasteiger partial charge is 0.496 e. The number of nitrogens with zero attached hydrogens (tertiary/aromatic N) is 1. The summed E-state index contributed by atoms with van der Waals surface area (Å²) in [6.45, 7) is 2.01. The lowest BCUT2D eigenvalue weighted by Gasteiger charge is -2.14. The van der Waals surface area contributed by atoms with E-state index in [0.717, 1.165) is 6.07 Å². The molecule has 0 radical (unpaired) electrons. The van der Waals surface area contributed by atoms with Gasteiger partial charge in [0.2, 0.25) is 0 Å². The van der Waals surface area contributed by atoms with Crippen LogP contribution < -0.4 is 4.74 Å². The number of benzene rings is 2. The molecule has 0 atom stereocenters. The summed E-state index contributed by atoms with van der Waals surface area (Å²) >= 11 is 0. The standard InChI is InChI=1S/C20H17F2NO3/c1-3-26-19(24)9-12-4-5-18(25-2)14(8-12)20-15-11-23-7-6-13(15)16(21)10-17(20)22/h4-8,10-11H,3,9H2,1-2H3. The van der Waals surface area contributed by atoms with E-state index in [9.17, 15) is 13.6 Å². The van der Waals surface area contributed by atoms with Gasteiger partial charge in [-0.15, -0.1) is 0 Å². The number of halogens is 2. The topological polar surface area (TPSA) is 48.4 Å². The fourth-order valence-electron chi connectivity index (χ4n) is 2.90. The summed E-state index contributed by atoms with van der Waals surface area (Å²) in [5.41, 5.74) is 1.24. The molecule has 0 bridgehead atoms. The number of aromatic nitrogens is 1. The van der Waals surface area contributed by atoms with Crippen LogP contribution in [0.25, 0.3) is 21.9 Å². The molecule has 134 valence electrons. The number of pyridine rings is 1. The van der Waals surface area contributed by atoms with E-state index in [0.29, 0.717) is 22.3 Å². The van der Waals surface area contributed by atoms with E-state index in [1.165, 1.54) is 25.6 Å². The molecule has 6 heteroatoms. The average Bonchev–Trinajstić information content (AvgIpc) is 2.62. The molecule has 0 amide bonds. The monoisotopic (exact) mass is 357 g/mol. The summed E-state index contributed by atoms with van der Waals surface area (Å²) < 4.78 is 39.1. The number of fused-ring (bicyclic) bond motifs is 1. The average molecular weight is 357 g/mol. The summed E-state index contributed by atoms with van der Waals surface area (Å²) in [4.78, 5) is 15.7. The fraction of sp³-hybridized carbons (Fsp3) is 0.200. The molecule has 0 aliphatic rings. The van der Waals surface area contributed by atoms with Gasteiger partial charge in [0, 0.05) is 40.4 Å². The molecule has 0 spiro atoms. The zero-order valence-electron chi connectivity index (χ0n) is 14.4. The van der Waals surface area contributed by atoms with Gasteiger partial charge in [-0.2, -0.15) is 0 Å². The maximum absolute atomic E-state index is 14.7. The summed E-state index contributed by atoms with van der Waals surface area (Å²) in [6, 6.07) is 7.34. The molecule has 2 aromatic carbocycles. The smallest absolute Gasteiger partial charge is 0.310 e. The first-order valence-electron chi connectivity index (χ1n) is 8.09. The van der Waals surface area contributed by atoms with Crippen molar-refractivity contribution in [1.82, 2.24) is 4.98 Å². The van der Waals surface area contributed by atoms with Gasteiger partial charge in [-0.3, -0.25) is 9.78 Å². The predicted octanol–water partition coefficient (Wildman–Crippen LogP) is 4.29. The number of hydrogen-bond acceptors (Lipinski definition) is 4. The molecule has 26 heavy (non-hydrogen) atoms. The van der Waals surface area contributed by atoms with Gasteiger partial charge < -0.3 is 9.47 Å². The van der Waals surface area contributed by atoms with Crippen LogP contribution in [0.3, 0.4) is 0 Å². The van der Waals surface area contributed by atoms with Crippen molar-refractivity contribution in [2.24, 2.45) is 0 Å². The maximum atomic E-state index is 14.7. The van der Waals surface area contributed by atoms with E-state index < -0.39 is 11.6 Å². The second-order valence-corrected chi connectivity index (χ2v) is 5.65. The SMILES string of the molecule is CCOC(=O)Cc1ccc(OC)c(-c2c(F)cc(F)c3ccncc23)c1. The van der Waals surface area contributed by atoms with Crippen molar-refractivity contribution in [2.75, 3.05) is 13.7 Å². The zero-order valence-corrected chi connectivity index (χ0v) is 14.4. The number of carbonyl (C=O) groups is 1. The Kier molecular flexibility index (Phi) is 5.11. The van der Waals surface area contributed by atoms with Gasteiger partial charge >= 0.3 is 5.97 Å². The van der Waals surface area contributed by atoms with Crippen LogP contribution in [0.4, 0.5) is 8.78 Å². The number of carbonyl (C=O) groups excluding carboxylic acids is 1. The highest BCUT2D eigenvalue weighted by molar-refractivity contribution is 5.98. The third-order valence-corrected chi connectivity index (χ3v) is 4.03. The fourth-order valence-corrected chi connectivity index (χ4v) is 2.90. The van der Waals surface area contributed by atoms with Gasteiger partial charge in [-0.05, 0) is 30.7 Å². The minimum absolute atomic E-state index is 0.0455. The minimum atomic E-state index is -0.727. The number of hydrogen-bond donors (Lipinski definition) is 0. The second kappa shape index (κ2) is 7.47. The molecule has 3 rings (SSSR count). The van der Waals surface area contributed by atoms with Crippen LogP contribution in [0.2, 0.25) is 0 Å². The van der Waals surface area contributed by atoms with Gasteiger partial charge in [0.25, 0.3) is 0 Å². The van der Waals surface area contributed by atoms with Gasteiger partial charge in [0.05, 0.1) is 20.1 Å². The zero-order chi connectivity index (χ0) is 18.7. The third-order valence-electron chi connectivity index (χ3n) is 4.03. The first kappa shape index (κ1) is 17.8. The van der Waals surface area contributed by atoms with Crippen molar-refractivity contribution < 1.29 is 23.0 Å². The Balaban J connectivity index is 2.20. The van der Waals surface area contributed by atoms with Gasteiger partial charge in [-0.25, -0.2) is 8.78 Å². The summed E-state index contributed by atoms with van der Waals surface area (Å²) in [5.74, 6) is -1.36. The Hall–Kier alpha value is -3.02. The van der Waals surface area contributed by atoms with Crippen molar-refractivity contribution in [1.29, 1.82) is 0 Å². The maximum Gasteiger partial charge on any atom is 0.310 e. The number of esters is 1. The molecule has 0 aliphatic carbocycles. The van der Waals surface area contributed by atoms with E-state index in [-0.39, 0.29) is 29.9 Å². The van der Waals surface area contributed by atoms with E-state index in [1.807, 2.05) is 0 Å². The molecule has 3 aromatic rings. The number of rotatable bonds is 5. The first-order valence-corrected chi connectivity index (χ1v) is 8.09. The van der Waals surface area contributed by atoms with Gasteiger partial charge in [0.1, 0.15) is 17.4 Å². The van der Waals surface area contributed by atoms with Crippen molar-refractivity contribution in [2.45, 2.75) is 13.3 Å². The van der Waals surface area contributed by atoms with Crippen LogP contribution in [-0.4, -0.2) is 24.7 Å². The second-order valence-electron chi connectivity index (χ2n) is 5.65. The van der Waals surface area contributed by atoms with E-state index in [4.69, 9.17) is 9.47 Å². The van der Waals surface area contributed by atoms with E-state index in [1.54, 1.807) is 25.1 Å². The van der Waals surface area contributed by atoms with Gasteiger partial charge in [0.15, 0.2) is 0 Å². The van der Waals surface area contributed by atoms with Crippen LogP contribution in [0.1, 0.15) is 12.5 Å². The lowest BCUT2D eigenvalue weighted by molar-refractivity contribution is -0.142. The Morgan fingerprint density at radius 3 is 2.65 bits per heavy atom. The Labute approximate surface area is 149 Å². The lowest BCUT2D eigenvalue weighted by atomic mass is 9.95. The van der Waals surface area contributed by atoms with Crippen LogP contribution in [-0.2, 0) is 16.0 Å². The first-order chi connectivity index (χ1) is 12.5. The minimum Gasteiger partial charge on any atom is -0.496 e. The Morgan fingerprint density at radius 2 is 1.92 bits per heavy atom. The highest BCUT2D eigenvalue weighted by Crippen LogP contribution is 2.38. The van der Waals surface area contributed by atoms with Crippen molar-refractivity contribution in [3.05, 3.63) is 59.9 Å². The van der Waals surface area contributed by atoms with Crippen LogP contribution >= 0.6 is 0 Å². The van der Waals surface area contributed by atoms with Crippen LogP contribution in [0.5, 0.6) is 5.75 Å². The highest BCUT2D eigenvalue weighted by Gasteiger charge is 2.18.